The quantitative estimate of drug-likeness (QED) is 0.799. The van der Waals surface area contributed by atoms with E-state index in [1.54, 1.807) is 0 Å². The predicted molar refractivity (Wildman–Crippen MR) is 85.0 cm³/mol. The Morgan fingerprint density at radius 3 is 2.24 bits per heavy atom. The first-order valence-electron chi connectivity index (χ1n) is 7.36. The van der Waals surface area contributed by atoms with E-state index in [0.29, 0.717) is 13.2 Å². The van der Waals surface area contributed by atoms with E-state index >= 15 is 0 Å². The minimum atomic E-state index is 0.509. The maximum absolute atomic E-state index is 5.73. The van der Waals surface area contributed by atoms with Gasteiger partial charge in [-0.25, -0.2) is 4.98 Å². The van der Waals surface area contributed by atoms with Gasteiger partial charge >= 0.3 is 0 Å². The zero-order chi connectivity index (χ0) is 14.9. The lowest BCUT2D eigenvalue weighted by atomic mass is 10.3. The van der Waals surface area contributed by atoms with Gasteiger partial charge in [-0.2, -0.15) is 0 Å². The number of nitrogens with one attached hydrogen (secondary N) is 1. The van der Waals surface area contributed by atoms with Crippen LogP contribution in [0.4, 0.5) is 5.82 Å². The SMILES string of the molecule is CCCNc1ccc(COc2ccc(OCC)cc2)cn1. The molecule has 0 amide bonds. The Balaban J connectivity index is 1.84. The van der Waals surface area contributed by atoms with E-state index in [1.165, 1.54) is 0 Å². The Kier molecular flexibility index (Phi) is 5.88. The van der Waals surface area contributed by atoms with E-state index in [9.17, 15) is 0 Å². The summed E-state index contributed by atoms with van der Waals surface area (Å²) in [5.41, 5.74) is 1.05. The predicted octanol–water partition coefficient (Wildman–Crippen LogP) is 3.88. The number of pyridine rings is 1. The number of hydrogen-bond acceptors (Lipinski definition) is 4. The maximum atomic E-state index is 5.73. The first kappa shape index (κ1) is 15.2. The molecule has 4 nitrogen and oxygen atoms in total. The summed E-state index contributed by atoms with van der Waals surface area (Å²) < 4.78 is 11.1. The van der Waals surface area contributed by atoms with E-state index in [2.05, 4.69) is 17.2 Å². The highest BCUT2D eigenvalue weighted by atomic mass is 16.5. The van der Waals surface area contributed by atoms with Crippen LogP contribution in [0.1, 0.15) is 25.8 Å². The van der Waals surface area contributed by atoms with E-state index < -0.39 is 0 Å². The molecule has 2 rings (SSSR count). The third kappa shape index (κ3) is 4.99. The van der Waals surface area contributed by atoms with Crippen LogP contribution in [0.3, 0.4) is 0 Å². The number of nitrogens with zero attached hydrogens (tertiary/aromatic N) is 1. The Labute approximate surface area is 126 Å². The highest BCUT2D eigenvalue weighted by molar-refractivity contribution is 5.35. The summed E-state index contributed by atoms with van der Waals surface area (Å²) >= 11 is 0. The monoisotopic (exact) mass is 286 g/mol. The van der Waals surface area contributed by atoms with Gasteiger partial charge in [-0.05, 0) is 43.7 Å². The molecule has 4 heteroatoms. The Bertz CT molecular complexity index is 523. The van der Waals surface area contributed by atoms with Gasteiger partial charge in [0.25, 0.3) is 0 Å². The molecule has 21 heavy (non-hydrogen) atoms. The van der Waals surface area contributed by atoms with E-state index in [1.807, 2.05) is 49.5 Å². The van der Waals surface area contributed by atoms with E-state index in [-0.39, 0.29) is 0 Å². The van der Waals surface area contributed by atoms with Crippen molar-refractivity contribution in [1.29, 1.82) is 0 Å². The number of hydrogen-bond donors (Lipinski definition) is 1. The molecule has 1 N–H and O–H groups in total. The van der Waals surface area contributed by atoms with Crippen LogP contribution in [0.15, 0.2) is 42.6 Å². The van der Waals surface area contributed by atoms with Crippen molar-refractivity contribution >= 4 is 5.82 Å². The smallest absolute Gasteiger partial charge is 0.125 e. The van der Waals surface area contributed by atoms with Crippen molar-refractivity contribution in [3.63, 3.8) is 0 Å². The van der Waals surface area contributed by atoms with Gasteiger partial charge in [-0.1, -0.05) is 13.0 Å². The third-order valence-corrected chi connectivity index (χ3v) is 2.92. The average molecular weight is 286 g/mol. The lowest BCUT2D eigenvalue weighted by Crippen LogP contribution is -2.02. The van der Waals surface area contributed by atoms with Crippen molar-refractivity contribution in [2.24, 2.45) is 0 Å². The fourth-order valence-electron chi connectivity index (χ4n) is 1.83. The zero-order valence-corrected chi connectivity index (χ0v) is 12.6. The normalized spacial score (nSPS) is 10.2. The van der Waals surface area contributed by atoms with Crippen LogP contribution in [0.2, 0.25) is 0 Å². The Morgan fingerprint density at radius 1 is 0.952 bits per heavy atom. The fourth-order valence-corrected chi connectivity index (χ4v) is 1.83. The van der Waals surface area contributed by atoms with Crippen LogP contribution >= 0.6 is 0 Å². The molecule has 0 spiro atoms. The molecular weight excluding hydrogens is 264 g/mol. The Hall–Kier alpha value is -2.23. The minimum Gasteiger partial charge on any atom is -0.494 e. The van der Waals surface area contributed by atoms with Crippen molar-refractivity contribution in [2.75, 3.05) is 18.5 Å². The molecule has 0 aliphatic rings. The van der Waals surface area contributed by atoms with Gasteiger partial charge in [0.2, 0.25) is 0 Å². The van der Waals surface area contributed by atoms with Gasteiger partial charge < -0.3 is 14.8 Å². The third-order valence-electron chi connectivity index (χ3n) is 2.92. The summed E-state index contributed by atoms with van der Waals surface area (Å²) in [7, 11) is 0. The molecule has 0 aliphatic heterocycles. The number of benzene rings is 1. The number of aromatic nitrogens is 1. The van der Waals surface area contributed by atoms with Gasteiger partial charge in [0, 0.05) is 18.3 Å². The van der Waals surface area contributed by atoms with Crippen molar-refractivity contribution in [3.05, 3.63) is 48.2 Å². The molecule has 0 saturated heterocycles. The molecule has 0 saturated carbocycles. The summed E-state index contributed by atoms with van der Waals surface area (Å²) in [5, 5.41) is 3.25. The number of rotatable bonds is 8. The van der Waals surface area contributed by atoms with Gasteiger partial charge in [-0.3, -0.25) is 0 Å². The molecule has 0 radical (unpaired) electrons. The average Bonchev–Trinajstić information content (AvgIpc) is 2.53. The van der Waals surface area contributed by atoms with Crippen molar-refractivity contribution in [2.45, 2.75) is 26.9 Å². The first-order chi connectivity index (χ1) is 10.3. The van der Waals surface area contributed by atoms with Gasteiger partial charge in [-0.15, -0.1) is 0 Å². The second-order valence-electron chi connectivity index (χ2n) is 4.67. The van der Waals surface area contributed by atoms with Crippen LogP contribution < -0.4 is 14.8 Å². The number of anilines is 1. The summed E-state index contributed by atoms with van der Waals surface area (Å²) in [6, 6.07) is 11.7. The molecule has 1 aromatic heterocycles. The molecule has 1 heterocycles. The molecule has 0 aliphatic carbocycles. The maximum Gasteiger partial charge on any atom is 0.125 e. The summed E-state index contributed by atoms with van der Waals surface area (Å²) in [6.45, 7) is 6.22. The lowest BCUT2D eigenvalue weighted by molar-refractivity contribution is 0.303. The lowest BCUT2D eigenvalue weighted by Gasteiger charge is -2.08. The van der Waals surface area contributed by atoms with Crippen LogP contribution in [0.25, 0.3) is 0 Å². The second-order valence-corrected chi connectivity index (χ2v) is 4.67. The van der Waals surface area contributed by atoms with Crippen molar-refractivity contribution in [3.8, 4) is 11.5 Å². The molecular formula is C17H22N2O2. The standard InChI is InChI=1S/C17H22N2O2/c1-3-11-18-17-10-5-14(12-19-17)13-21-16-8-6-15(7-9-16)20-4-2/h5-10,12H,3-4,11,13H2,1-2H3,(H,18,19). The minimum absolute atomic E-state index is 0.509. The molecule has 2 aromatic rings. The number of ether oxygens (including phenoxy) is 2. The molecule has 0 unspecified atom stereocenters. The van der Waals surface area contributed by atoms with Gasteiger partial charge in [0.15, 0.2) is 0 Å². The second kappa shape index (κ2) is 8.15. The van der Waals surface area contributed by atoms with E-state index in [0.717, 1.165) is 35.8 Å². The van der Waals surface area contributed by atoms with Crippen LogP contribution in [-0.4, -0.2) is 18.1 Å². The molecule has 0 bridgehead atoms. The van der Waals surface area contributed by atoms with Crippen LogP contribution in [0, 0.1) is 0 Å². The van der Waals surface area contributed by atoms with Crippen LogP contribution in [0.5, 0.6) is 11.5 Å². The Morgan fingerprint density at radius 2 is 1.67 bits per heavy atom. The summed E-state index contributed by atoms with van der Waals surface area (Å²) in [6.07, 6.45) is 2.93. The van der Waals surface area contributed by atoms with Crippen molar-refractivity contribution < 1.29 is 9.47 Å². The summed E-state index contributed by atoms with van der Waals surface area (Å²) in [5.74, 6) is 2.59. The first-order valence-corrected chi connectivity index (χ1v) is 7.36. The molecule has 112 valence electrons. The van der Waals surface area contributed by atoms with Gasteiger partial charge in [0.1, 0.15) is 23.9 Å². The van der Waals surface area contributed by atoms with Crippen molar-refractivity contribution in [1.82, 2.24) is 4.98 Å². The fraction of sp³-hybridized carbons (Fsp3) is 0.353. The van der Waals surface area contributed by atoms with E-state index in [4.69, 9.17) is 9.47 Å². The molecule has 0 atom stereocenters. The highest BCUT2D eigenvalue weighted by Crippen LogP contribution is 2.18. The molecule has 0 fully saturated rings. The topological polar surface area (TPSA) is 43.4 Å². The zero-order valence-electron chi connectivity index (χ0n) is 12.6. The van der Waals surface area contributed by atoms with Crippen LogP contribution in [-0.2, 0) is 6.61 Å². The highest BCUT2D eigenvalue weighted by Gasteiger charge is 1.99. The largest absolute Gasteiger partial charge is 0.494 e. The van der Waals surface area contributed by atoms with Gasteiger partial charge in [0.05, 0.1) is 6.61 Å². The summed E-state index contributed by atoms with van der Waals surface area (Å²) in [4.78, 5) is 4.36. The molecule has 1 aromatic carbocycles.